The molecule has 3 atom stereocenters. The third kappa shape index (κ3) is 7.35. The largest absolute Gasteiger partial charge is 0.457 e. The molecule has 1 aromatic rings. The average molecular weight is 437 g/mol. The fourth-order valence-corrected chi connectivity index (χ4v) is 6.50. The van der Waals surface area contributed by atoms with E-state index in [1.165, 1.54) is 0 Å². The first kappa shape index (κ1) is 24.3. The van der Waals surface area contributed by atoms with Crippen molar-refractivity contribution < 1.29 is 18.7 Å². The Morgan fingerprint density at radius 1 is 1.07 bits per heavy atom. The van der Waals surface area contributed by atoms with Crippen molar-refractivity contribution in [3.05, 3.63) is 35.9 Å². The van der Waals surface area contributed by atoms with E-state index in [2.05, 4.69) is 65.6 Å². The van der Waals surface area contributed by atoms with Crippen LogP contribution in [0, 0.1) is 5.92 Å². The molecule has 6 heteroatoms. The summed E-state index contributed by atoms with van der Waals surface area (Å²) in [5.74, 6) is 0.0799. The number of hydrogen-bond acceptors (Lipinski definition) is 4. The lowest BCUT2D eigenvalue weighted by Crippen LogP contribution is -2.51. The van der Waals surface area contributed by atoms with Crippen molar-refractivity contribution >= 4 is 22.4 Å². The molecule has 0 N–H and O–H groups in total. The lowest BCUT2D eigenvalue weighted by Gasteiger charge is -2.42. The maximum Gasteiger partial charge on any atom is 0.306 e. The molecule has 0 bridgehead atoms. The monoisotopic (exact) mass is 436 g/mol. The third-order valence-electron chi connectivity index (χ3n) is 6.12. The van der Waals surface area contributed by atoms with Gasteiger partial charge in [-0.25, -0.2) is 0 Å². The van der Waals surface area contributed by atoms with Gasteiger partial charge >= 0.3 is 5.97 Å². The maximum atomic E-state index is 12.4. The summed E-state index contributed by atoms with van der Waals surface area (Å²) in [5, 5.41) is 0.115. The summed E-state index contributed by atoms with van der Waals surface area (Å²) in [4.78, 5) is 12.4. The van der Waals surface area contributed by atoms with Gasteiger partial charge in [-0.3, -0.25) is 4.79 Å². The topological polar surface area (TPSA) is 44.8 Å². The first-order chi connectivity index (χ1) is 13.3. The Balaban J connectivity index is 2.17. The molecule has 1 aliphatic heterocycles. The average Bonchev–Trinajstić information content (AvgIpc) is 2.57. The number of ether oxygens (including phenoxy) is 2. The van der Waals surface area contributed by atoms with Crippen molar-refractivity contribution in [2.45, 2.75) is 89.8 Å². The number of rotatable bonds is 8. The van der Waals surface area contributed by atoms with E-state index in [9.17, 15) is 4.79 Å². The van der Waals surface area contributed by atoms with Crippen LogP contribution in [0.5, 0.6) is 0 Å². The second-order valence-electron chi connectivity index (χ2n) is 11.1. The Morgan fingerprint density at radius 3 is 2.24 bits per heavy atom. The van der Waals surface area contributed by atoms with Gasteiger partial charge in [-0.2, -0.15) is 0 Å². The first-order valence-corrected chi connectivity index (χ1v) is 17.4. The minimum atomic E-state index is -1.93. The van der Waals surface area contributed by atoms with Gasteiger partial charge in [0.2, 0.25) is 0 Å². The molecule has 4 nitrogen and oxygen atoms in total. The normalized spacial score (nSPS) is 23.7. The Labute approximate surface area is 179 Å². The van der Waals surface area contributed by atoms with Gasteiger partial charge < -0.3 is 13.9 Å². The van der Waals surface area contributed by atoms with Crippen molar-refractivity contribution in [3.8, 4) is 0 Å². The fourth-order valence-electron chi connectivity index (χ4n) is 3.54. The lowest BCUT2D eigenvalue weighted by atomic mass is 9.93. The fraction of sp³-hybridized carbons (Fsp3) is 0.696. The van der Waals surface area contributed by atoms with Crippen LogP contribution in [-0.2, 0) is 25.3 Å². The molecule has 0 aromatic heterocycles. The molecule has 164 valence electrons. The molecule has 1 heterocycles. The number of benzene rings is 1. The van der Waals surface area contributed by atoms with Gasteiger partial charge in [-0.15, -0.1) is 0 Å². The van der Waals surface area contributed by atoms with Gasteiger partial charge in [0.15, 0.2) is 8.32 Å². The predicted octanol–water partition coefficient (Wildman–Crippen LogP) is 5.86. The van der Waals surface area contributed by atoms with Crippen molar-refractivity contribution in [2.75, 3.05) is 6.61 Å². The SMILES string of the molecule is CC(C)(C)[Si](C)(C)OC[C@@H]1OC(=O)C[C@@H](C[Si](C)(C)C)[C@@H]1OCc1ccccc1. The molecule has 1 fully saturated rings. The summed E-state index contributed by atoms with van der Waals surface area (Å²) < 4.78 is 18.6. The van der Waals surface area contributed by atoms with Crippen LogP contribution in [0.3, 0.4) is 0 Å². The molecule has 2 rings (SSSR count). The summed E-state index contributed by atoms with van der Waals surface area (Å²) in [6, 6.07) is 11.3. The number of cyclic esters (lactones) is 1. The lowest BCUT2D eigenvalue weighted by molar-refractivity contribution is -0.181. The van der Waals surface area contributed by atoms with Gasteiger partial charge in [0.25, 0.3) is 0 Å². The number of carbonyl (C=O) groups is 1. The summed E-state index contributed by atoms with van der Waals surface area (Å²) >= 11 is 0. The number of hydrogen-bond donors (Lipinski definition) is 0. The summed E-state index contributed by atoms with van der Waals surface area (Å²) in [6.45, 7) is 19.1. The van der Waals surface area contributed by atoms with E-state index < -0.39 is 16.4 Å². The van der Waals surface area contributed by atoms with E-state index in [4.69, 9.17) is 13.9 Å². The maximum absolute atomic E-state index is 12.4. The Morgan fingerprint density at radius 2 is 1.69 bits per heavy atom. The second-order valence-corrected chi connectivity index (χ2v) is 21.4. The van der Waals surface area contributed by atoms with Crippen LogP contribution in [0.2, 0.25) is 43.8 Å². The highest BCUT2D eigenvalue weighted by atomic mass is 28.4. The minimum absolute atomic E-state index is 0.114. The van der Waals surface area contributed by atoms with Crippen molar-refractivity contribution in [1.82, 2.24) is 0 Å². The molecule has 29 heavy (non-hydrogen) atoms. The quantitative estimate of drug-likeness (QED) is 0.378. The van der Waals surface area contributed by atoms with E-state index in [-0.39, 0.29) is 29.1 Å². The molecular weight excluding hydrogens is 396 g/mol. The molecule has 1 aromatic carbocycles. The van der Waals surface area contributed by atoms with Crippen LogP contribution in [0.15, 0.2) is 30.3 Å². The standard InChI is InChI=1S/C23H40O4Si2/c1-23(2,3)29(7,8)26-16-20-22(25-15-18-12-10-9-11-13-18)19(14-21(24)27-20)17-28(4,5)6/h9-13,19-20,22H,14-17H2,1-8H3/t19-,20-,22-/m0/s1. The first-order valence-electron chi connectivity index (χ1n) is 10.8. The molecule has 0 radical (unpaired) electrons. The molecule has 0 saturated carbocycles. The Hall–Kier alpha value is -0.956. The zero-order valence-corrected chi connectivity index (χ0v) is 21.6. The highest BCUT2D eigenvalue weighted by Crippen LogP contribution is 2.38. The van der Waals surface area contributed by atoms with E-state index >= 15 is 0 Å². The third-order valence-corrected chi connectivity index (χ3v) is 12.4. The molecule has 0 amide bonds. The van der Waals surface area contributed by atoms with Gasteiger partial charge in [-0.1, -0.05) is 76.8 Å². The zero-order chi connectivity index (χ0) is 21.9. The molecule has 0 unspecified atom stereocenters. The highest BCUT2D eigenvalue weighted by molar-refractivity contribution is 6.76. The highest BCUT2D eigenvalue weighted by Gasteiger charge is 2.44. The van der Waals surface area contributed by atoms with Crippen LogP contribution in [-0.4, -0.2) is 41.2 Å². The van der Waals surface area contributed by atoms with E-state index in [1.807, 2.05) is 18.2 Å². The van der Waals surface area contributed by atoms with Crippen molar-refractivity contribution in [2.24, 2.45) is 5.92 Å². The Bertz CT molecular complexity index is 662. The summed E-state index contributed by atoms with van der Waals surface area (Å²) in [7, 11) is -3.30. The molecular formula is C23H40O4Si2. The number of esters is 1. The van der Waals surface area contributed by atoms with Gasteiger partial charge in [0.1, 0.15) is 12.2 Å². The van der Waals surface area contributed by atoms with Gasteiger partial charge in [0, 0.05) is 8.07 Å². The molecule has 0 spiro atoms. The smallest absolute Gasteiger partial charge is 0.306 e. The van der Waals surface area contributed by atoms with E-state index in [1.54, 1.807) is 0 Å². The second kappa shape index (κ2) is 9.46. The molecule has 1 aliphatic rings. The predicted molar refractivity (Wildman–Crippen MR) is 124 cm³/mol. The summed E-state index contributed by atoms with van der Waals surface area (Å²) in [5.41, 5.74) is 1.14. The van der Waals surface area contributed by atoms with Crippen molar-refractivity contribution in [1.29, 1.82) is 0 Å². The van der Waals surface area contributed by atoms with Crippen molar-refractivity contribution in [3.63, 3.8) is 0 Å². The van der Waals surface area contributed by atoms with Crippen LogP contribution in [0.4, 0.5) is 0 Å². The van der Waals surface area contributed by atoms with Crippen LogP contribution < -0.4 is 0 Å². The van der Waals surface area contributed by atoms with E-state index in [0.717, 1.165) is 11.6 Å². The van der Waals surface area contributed by atoms with Crippen LogP contribution in [0.1, 0.15) is 32.8 Å². The minimum Gasteiger partial charge on any atom is -0.457 e. The summed E-state index contributed by atoms with van der Waals surface area (Å²) in [6.07, 6.45) is -0.0137. The Kier molecular flexibility index (Phi) is 7.93. The van der Waals surface area contributed by atoms with E-state index in [0.29, 0.717) is 19.6 Å². The molecule has 1 saturated heterocycles. The van der Waals surface area contributed by atoms with Gasteiger partial charge in [-0.05, 0) is 29.6 Å². The van der Waals surface area contributed by atoms with Crippen LogP contribution >= 0.6 is 0 Å². The molecule has 0 aliphatic carbocycles. The number of carbonyl (C=O) groups excluding carboxylic acids is 1. The zero-order valence-electron chi connectivity index (χ0n) is 19.6. The van der Waals surface area contributed by atoms with Crippen LogP contribution in [0.25, 0.3) is 0 Å². The van der Waals surface area contributed by atoms with Gasteiger partial charge in [0.05, 0.1) is 19.6 Å².